The molecule has 5 nitrogen and oxygen atoms in total. The Kier molecular flexibility index (Phi) is 4.53. The molecule has 3 rings (SSSR count). The van der Waals surface area contributed by atoms with E-state index >= 15 is 0 Å². The number of rotatable bonds is 5. The Hall–Kier alpha value is -2.40. The van der Waals surface area contributed by atoms with Crippen LogP contribution in [0.1, 0.15) is 16.8 Å². The van der Waals surface area contributed by atoms with E-state index in [1.54, 1.807) is 6.33 Å². The van der Waals surface area contributed by atoms with Crippen LogP contribution in [-0.2, 0) is 13.1 Å². The van der Waals surface area contributed by atoms with E-state index in [9.17, 15) is 0 Å². The van der Waals surface area contributed by atoms with Gasteiger partial charge in [-0.15, -0.1) is 0 Å². The molecule has 0 atom stereocenters. The molecule has 0 fully saturated rings. The van der Waals surface area contributed by atoms with Crippen molar-refractivity contribution in [2.75, 3.05) is 20.6 Å². The second kappa shape index (κ2) is 6.61. The lowest BCUT2D eigenvalue weighted by Gasteiger charge is -2.13. The third-order valence-electron chi connectivity index (χ3n) is 4.61. The van der Waals surface area contributed by atoms with E-state index < -0.39 is 0 Å². The molecule has 24 heavy (non-hydrogen) atoms. The molecular formula is C19H25N5. The van der Waals surface area contributed by atoms with Crippen LogP contribution in [0.15, 0.2) is 36.7 Å². The van der Waals surface area contributed by atoms with Crippen LogP contribution in [0.4, 0.5) is 0 Å². The standard InChI is InChI=1S/C19H25N5/c1-14-15(2)24(11-10-22(3)4)19-17(14)18(20)23(13-21-19)12-16-8-6-5-7-9-16/h5-9,13,20H,10-12H2,1-4H3. The van der Waals surface area contributed by atoms with Crippen LogP contribution in [0.5, 0.6) is 0 Å². The maximum absolute atomic E-state index is 8.66. The molecule has 0 aliphatic rings. The third-order valence-corrected chi connectivity index (χ3v) is 4.61. The molecule has 2 heterocycles. The van der Waals surface area contributed by atoms with Gasteiger partial charge in [-0.1, -0.05) is 30.3 Å². The van der Waals surface area contributed by atoms with Gasteiger partial charge in [0.15, 0.2) is 0 Å². The predicted molar refractivity (Wildman–Crippen MR) is 97.1 cm³/mol. The highest BCUT2D eigenvalue weighted by molar-refractivity contribution is 5.80. The molecule has 0 aliphatic heterocycles. The molecule has 0 bridgehead atoms. The first-order valence-electron chi connectivity index (χ1n) is 8.27. The lowest BCUT2D eigenvalue weighted by molar-refractivity contribution is 0.384. The van der Waals surface area contributed by atoms with Crippen molar-refractivity contribution in [3.63, 3.8) is 0 Å². The van der Waals surface area contributed by atoms with Crippen LogP contribution in [-0.4, -0.2) is 39.7 Å². The lowest BCUT2D eigenvalue weighted by Crippen LogP contribution is -2.22. The molecule has 0 spiro atoms. The zero-order valence-corrected chi connectivity index (χ0v) is 14.9. The Morgan fingerprint density at radius 3 is 2.50 bits per heavy atom. The molecule has 3 aromatic rings. The maximum Gasteiger partial charge on any atom is 0.145 e. The van der Waals surface area contributed by atoms with Gasteiger partial charge < -0.3 is 14.0 Å². The summed E-state index contributed by atoms with van der Waals surface area (Å²) in [7, 11) is 4.15. The molecule has 5 heteroatoms. The quantitative estimate of drug-likeness (QED) is 0.784. The monoisotopic (exact) mass is 323 g/mol. The van der Waals surface area contributed by atoms with Crippen molar-refractivity contribution >= 4 is 11.0 Å². The van der Waals surface area contributed by atoms with Crippen molar-refractivity contribution < 1.29 is 0 Å². The summed E-state index contributed by atoms with van der Waals surface area (Å²) in [6.07, 6.45) is 1.79. The van der Waals surface area contributed by atoms with E-state index in [1.807, 2.05) is 22.8 Å². The topological polar surface area (TPSA) is 49.8 Å². The first-order valence-corrected chi connectivity index (χ1v) is 8.27. The largest absolute Gasteiger partial charge is 0.328 e. The SMILES string of the molecule is Cc1c(C)n(CCN(C)C)c2ncn(Cc3ccccc3)c(=N)c12. The molecule has 2 aromatic heterocycles. The van der Waals surface area contributed by atoms with Gasteiger partial charge in [-0.2, -0.15) is 0 Å². The molecule has 1 N–H and O–H groups in total. The second-order valence-corrected chi connectivity index (χ2v) is 6.57. The zero-order valence-electron chi connectivity index (χ0n) is 14.9. The first-order chi connectivity index (χ1) is 11.5. The number of hydrogen-bond donors (Lipinski definition) is 1. The van der Waals surface area contributed by atoms with Crippen LogP contribution < -0.4 is 5.49 Å². The fourth-order valence-corrected chi connectivity index (χ4v) is 3.06. The van der Waals surface area contributed by atoms with Gasteiger partial charge in [-0.25, -0.2) is 4.98 Å². The molecule has 0 unspecified atom stereocenters. The summed E-state index contributed by atoms with van der Waals surface area (Å²) in [4.78, 5) is 6.85. The van der Waals surface area contributed by atoms with E-state index in [0.717, 1.165) is 29.7 Å². The summed E-state index contributed by atoms with van der Waals surface area (Å²) in [5.74, 6) is 0. The molecule has 0 amide bonds. The van der Waals surface area contributed by atoms with Crippen molar-refractivity contribution in [3.05, 3.63) is 59.0 Å². The van der Waals surface area contributed by atoms with E-state index in [0.29, 0.717) is 12.0 Å². The highest BCUT2D eigenvalue weighted by Gasteiger charge is 2.15. The molecular weight excluding hydrogens is 298 g/mol. The summed E-state index contributed by atoms with van der Waals surface area (Å²) in [5.41, 5.74) is 4.99. The Morgan fingerprint density at radius 2 is 1.83 bits per heavy atom. The number of hydrogen-bond acceptors (Lipinski definition) is 3. The Bertz CT molecular complexity index is 903. The average Bonchev–Trinajstić information content (AvgIpc) is 2.81. The first kappa shape index (κ1) is 16.5. The van der Waals surface area contributed by atoms with Gasteiger partial charge in [0.1, 0.15) is 11.1 Å². The fourth-order valence-electron chi connectivity index (χ4n) is 3.06. The highest BCUT2D eigenvalue weighted by Crippen LogP contribution is 2.20. The van der Waals surface area contributed by atoms with Crippen LogP contribution in [0.25, 0.3) is 11.0 Å². The average molecular weight is 323 g/mol. The highest BCUT2D eigenvalue weighted by atomic mass is 15.1. The second-order valence-electron chi connectivity index (χ2n) is 6.57. The number of nitrogens with one attached hydrogen (secondary N) is 1. The molecule has 0 radical (unpaired) electrons. The Morgan fingerprint density at radius 1 is 1.12 bits per heavy atom. The van der Waals surface area contributed by atoms with E-state index in [4.69, 9.17) is 5.41 Å². The zero-order chi connectivity index (χ0) is 17.3. The minimum Gasteiger partial charge on any atom is -0.328 e. The fraction of sp³-hybridized carbons (Fsp3) is 0.368. The number of nitrogens with zero attached hydrogens (tertiary/aromatic N) is 4. The summed E-state index contributed by atoms with van der Waals surface area (Å²) >= 11 is 0. The molecule has 1 aromatic carbocycles. The van der Waals surface area contributed by atoms with Gasteiger partial charge >= 0.3 is 0 Å². The van der Waals surface area contributed by atoms with Gasteiger partial charge in [0.25, 0.3) is 0 Å². The van der Waals surface area contributed by atoms with Gasteiger partial charge in [0.05, 0.1) is 18.3 Å². The summed E-state index contributed by atoms with van der Waals surface area (Å²) in [6, 6.07) is 10.2. The van der Waals surface area contributed by atoms with Crippen LogP contribution in [0, 0.1) is 19.3 Å². The van der Waals surface area contributed by atoms with Crippen molar-refractivity contribution in [2.24, 2.45) is 0 Å². The normalized spacial score (nSPS) is 11.5. The smallest absolute Gasteiger partial charge is 0.145 e. The molecule has 0 saturated heterocycles. The number of likely N-dealkylation sites (N-methyl/N-ethyl adjacent to an activating group) is 1. The van der Waals surface area contributed by atoms with Crippen LogP contribution in [0.3, 0.4) is 0 Å². The van der Waals surface area contributed by atoms with E-state index in [2.05, 4.69) is 54.5 Å². The number of aryl methyl sites for hydroxylation is 1. The Balaban J connectivity index is 2.06. The molecule has 0 aliphatic carbocycles. The Labute approximate surface area is 142 Å². The van der Waals surface area contributed by atoms with Gasteiger partial charge in [-0.3, -0.25) is 5.41 Å². The van der Waals surface area contributed by atoms with Crippen LogP contribution >= 0.6 is 0 Å². The molecule has 126 valence electrons. The predicted octanol–water partition coefficient (Wildman–Crippen LogP) is 2.54. The lowest BCUT2D eigenvalue weighted by atomic mass is 10.2. The maximum atomic E-state index is 8.66. The van der Waals surface area contributed by atoms with Gasteiger partial charge in [0.2, 0.25) is 0 Å². The summed E-state index contributed by atoms with van der Waals surface area (Å²) < 4.78 is 4.15. The number of fused-ring (bicyclic) bond motifs is 1. The number of aromatic nitrogens is 3. The van der Waals surface area contributed by atoms with E-state index in [1.165, 1.54) is 11.3 Å². The van der Waals surface area contributed by atoms with Gasteiger partial charge in [-0.05, 0) is 39.1 Å². The van der Waals surface area contributed by atoms with Crippen molar-refractivity contribution in [1.82, 2.24) is 19.0 Å². The summed E-state index contributed by atoms with van der Waals surface area (Å²) in [5, 5.41) is 9.62. The molecule has 0 saturated carbocycles. The number of benzene rings is 1. The van der Waals surface area contributed by atoms with E-state index in [-0.39, 0.29) is 0 Å². The van der Waals surface area contributed by atoms with Crippen LogP contribution in [0.2, 0.25) is 0 Å². The van der Waals surface area contributed by atoms with Crippen molar-refractivity contribution in [3.8, 4) is 0 Å². The third kappa shape index (κ3) is 2.99. The minimum absolute atomic E-state index is 0.535. The van der Waals surface area contributed by atoms with Gasteiger partial charge in [0, 0.05) is 18.8 Å². The van der Waals surface area contributed by atoms with Crippen molar-refractivity contribution in [2.45, 2.75) is 26.9 Å². The van der Waals surface area contributed by atoms with Crippen molar-refractivity contribution in [1.29, 1.82) is 5.41 Å². The summed E-state index contributed by atoms with van der Waals surface area (Å²) in [6.45, 7) is 6.73. The minimum atomic E-state index is 0.535.